The Kier molecular flexibility index (Phi) is 3.26. The standard InChI is InChI=1S/C14H11BrN2O3S/c15-13-9(4-3-6-11(13)16)8-17-14(18)10-5-1-2-7-12(10)21(17,19)20/h1-7H,8,16H2. The minimum Gasteiger partial charge on any atom is -0.398 e. The molecule has 1 heterocycles. The third-order valence-corrected chi connectivity index (χ3v) is 6.09. The number of nitrogens with two attached hydrogens (primary N) is 1. The van der Waals surface area contributed by atoms with E-state index in [0.717, 1.165) is 4.31 Å². The maximum atomic E-state index is 12.5. The number of halogens is 1. The molecule has 1 amide bonds. The summed E-state index contributed by atoms with van der Waals surface area (Å²) in [6, 6.07) is 11.3. The van der Waals surface area contributed by atoms with Crippen LogP contribution in [0.5, 0.6) is 0 Å². The van der Waals surface area contributed by atoms with Crippen LogP contribution in [0.25, 0.3) is 0 Å². The Balaban J connectivity index is 2.06. The molecule has 2 N–H and O–H groups in total. The Morgan fingerprint density at radius 3 is 2.52 bits per heavy atom. The summed E-state index contributed by atoms with van der Waals surface area (Å²) in [5.74, 6) is -0.514. The number of benzene rings is 2. The summed E-state index contributed by atoms with van der Waals surface area (Å²) in [6.07, 6.45) is 0. The Morgan fingerprint density at radius 2 is 1.81 bits per heavy atom. The van der Waals surface area contributed by atoms with E-state index >= 15 is 0 Å². The zero-order valence-electron chi connectivity index (χ0n) is 10.8. The fourth-order valence-electron chi connectivity index (χ4n) is 2.26. The molecular formula is C14H11BrN2O3S. The van der Waals surface area contributed by atoms with Crippen LogP contribution in [-0.4, -0.2) is 18.6 Å². The van der Waals surface area contributed by atoms with Gasteiger partial charge in [0.2, 0.25) is 0 Å². The minimum absolute atomic E-state index is 0.0509. The monoisotopic (exact) mass is 366 g/mol. The van der Waals surface area contributed by atoms with Crippen molar-refractivity contribution in [2.45, 2.75) is 11.4 Å². The number of amides is 1. The molecule has 0 aromatic heterocycles. The van der Waals surface area contributed by atoms with Gasteiger partial charge in [-0.25, -0.2) is 12.7 Å². The van der Waals surface area contributed by atoms with E-state index < -0.39 is 15.9 Å². The van der Waals surface area contributed by atoms with Crippen LogP contribution in [0.2, 0.25) is 0 Å². The number of fused-ring (bicyclic) bond motifs is 1. The van der Waals surface area contributed by atoms with Gasteiger partial charge in [-0.3, -0.25) is 4.79 Å². The summed E-state index contributed by atoms with van der Waals surface area (Å²) < 4.78 is 26.4. The summed E-state index contributed by atoms with van der Waals surface area (Å²) in [7, 11) is -3.80. The van der Waals surface area contributed by atoms with Crippen molar-refractivity contribution in [1.29, 1.82) is 0 Å². The van der Waals surface area contributed by atoms with Gasteiger partial charge in [0.1, 0.15) is 4.90 Å². The lowest BCUT2D eigenvalue weighted by Gasteiger charge is -2.16. The van der Waals surface area contributed by atoms with Crippen molar-refractivity contribution < 1.29 is 13.2 Å². The first-order valence-corrected chi connectivity index (χ1v) is 8.35. The highest BCUT2D eigenvalue weighted by Crippen LogP contribution is 2.33. The highest BCUT2D eigenvalue weighted by Gasteiger charge is 2.40. The fraction of sp³-hybridized carbons (Fsp3) is 0.0714. The maximum absolute atomic E-state index is 12.5. The molecule has 0 atom stereocenters. The van der Waals surface area contributed by atoms with Gasteiger partial charge in [-0.1, -0.05) is 24.3 Å². The van der Waals surface area contributed by atoms with Crippen molar-refractivity contribution >= 4 is 37.5 Å². The van der Waals surface area contributed by atoms with Crippen LogP contribution in [0, 0.1) is 0 Å². The summed E-state index contributed by atoms with van der Waals surface area (Å²) in [4.78, 5) is 12.4. The van der Waals surface area contributed by atoms with Gasteiger partial charge in [-0.05, 0) is 39.7 Å². The van der Waals surface area contributed by atoms with Crippen LogP contribution in [0.15, 0.2) is 51.8 Å². The quantitative estimate of drug-likeness (QED) is 0.827. The molecule has 0 bridgehead atoms. The maximum Gasteiger partial charge on any atom is 0.269 e. The van der Waals surface area contributed by atoms with Crippen molar-refractivity contribution in [1.82, 2.24) is 4.31 Å². The molecule has 2 aromatic carbocycles. The second-order valence-electron chi connectivity index (χ2n) is 4.63. The van der Waals surface area contributed by atoms with Gasteiger partial charge >= 0.3 is 0 Å². The van der Waals surface area contributed by atoms with Gasteiger partial charge in [0.15, 0.2) is 0 Å². The molecule has 0 aliphatic carbocycles. The highest BCUT2D eigenvalue weighted by molar-refractivity contribution is 9.10. The number of carbonyl (C=O) groups excluding carboxylic acids is 1. The molecule has 0 fully saturated rings. The van der Waals surface area contributed by atoms with Crippen LogP contribution < -0.4 is 5.73 Å². The first-order chi connectivity index (χ1) is 9.93. The lowest BCUT2D eigenvalue weighted by molar-refractivity contribution is 0.0865. The molecule has 108 valence electrons. The van der Waals surface area contributed by atoms with Crippen LogP contribution in [0.4, 0.5) is 5.69 Å². The van der Waals surface area contributed by atoms with E-state index in [0.29, 0.717) is 15.7 Å². The van der Waals surface area contributed by atoms with Crippen LogP contribution in [-0.2, 0) is 16.6 Å². The summed E-state index contributed by atoms with van der Waals surface area (Å²) >= 11 is 3.32. The van der Waals surface area contributed by atoms with Gasteiger partial charge in [0.05, 0.1) is 12.1 Å². The largest absolute Gasteiger partial charge is 0.398 e. The molecule has 3 rings (SSSR count). The van der Waals surface area contributed by atoms with E-state index in [2.05, 4.69) is 15.9 Å². The van der Waals surface area contributed by atoms with Crippen LogP contribution in [0.3, 0.4) is 0 Å². The number of hydrogen-bond donors (Lipinski definition) is 1. The van der Waals surface area contributed by atoms with Crippen molar-refractivity contribution in [2.75, 3.05) is 5.73 Å². The normalized spacial score (nSPS) is 16.0. The second-order valence-corrected chi connectivity index (χ2v) is 7.26. The molecule has 21 heavy (non-hydrogen) atoms. The van der Waals surface area contributed by atoms with E-state index in [1.807, 2.05) is 0 Å². The minimum atomic E-state index is -3.80. The van der Waals surface area contributed by atoms with Crippen molar-refractivity contribution in [3.05, 3.63) is 58.1 Å². The average Bonchev–Trinajstić information content (AvgIpc) is 2.65. The second kappa shape index (κ2) is 4.85. The lowest BCUT2D eigenvalue weighted by Crippen LogP contribution is -2.29. The van der Waals surface area contributed by atoms with Gasteiger partial charge < -0.3 is 5.73 Å². The van der Waals surface area contributed by atoms with E-state index in [9.17, 15) is 13.2 Å². The molecule has 0 spiro atoms. The molecule has 1 aliphatic rings. The Morgan fingerprint density at radius 1 is 1.10 bits per heavy atom. The predicted octanol–water partition coefficient (Wildman–Crippen LogP) is 2.38. The number of carbonyl (C=O) groups is 1. The van der Waals surface area contributed by atoms with Crippen LogP contribution in [0.1, 0.15) is 15.9 Å². The Labute approximate surface area is 130 Å². The van der Waals surface area contributed by atoms with E-state index in [1.54, 1.807) is 30.3 Å². The third kappa shape index (κ3) is 2.13. The number of nitrogens with zero attached hydrogens (tertiary/aromatic N) is 1. The van der Waals surface area contributed by atoms with E-state index in [1.165, 1.54) is 12.1 Å². The van der Waals surface area contributed by atoms with Gasteiger partial charge in [-0.2, -0.15) is 0 Å². The van der Waals surface area contributed by atoms with Crippen molar-refractivity contribution in [3.63, 3.8) is 0 Å². The van der Waals surface area contributed by atoms with Crippen molar-refractivity contribution in [2.24, 2.45) is 0 Å². The average molecular weight is 367 g/mol. The summed E-state index contributed by atoms with van der Waals surface area (Å²) in [5, 5.41) is 0. The molecule has 5 nitrogen and oxygen atoms in total. The van der Waals surface area contributed by atoms with Gasteiger partial charge in [0.25, 0.3) is 15.9 Å². The predicted molar refractivity (Wildman–Crippen MR) is 82.1 cm³/mol. The van der Waals surface area contributed by atoms with Gasteiger partial charge in [-0.15, -0.1) is 0 Å². The first-order valence-electron chi connectivity index (χ1n) is 6.12. The van der Waals surface area contributed by atoms with Crippen LogP contribution >= 0.6 is 15.9 Å². The zero-order valence-corrected chi connectivity index (χ0v) is 13.2. The molecule has 0 saturated heterocycles. The molecule has 1 aliphatic heterocycles. The Hall–Kier alpha value is -1.86. The summed E-state index contributed by atoms with van der Waals surface area (Å²) in [5.41, 5.74) is 7.12. The van der Waals surface area contributed by atoms with Gasteiger partial charge in [0, 0.05) is 10.2 Å². The Bertz CT molecular complexity index is 849. The number of rotatable bonds is 2. The van der Waals surface area contributed by atoms with E-state index in [4.69, 9.17) is 5.73 Å². The fourth-order valence-corrected chi connectivity index (χ4v) is 4.20. The molecule has 0 radical (unpaired) electrons. The number of nitrogen functional groups attached to an aromatic ring is 1. The third-order valence-electron chi connectivity index (χ3n) is 3.33. The summed E-state index contributed by atoms with van der Waals surface area (Å²) in [6.45, 7) is -0.0541. The number of anilines is 1. The molecule has 7 heteroatoms. The smallest absolute Gasteiger partial charge is 0.269 e. The number of sulfonamides is 1. The lowest BCUT2D eigenvalue weighted by atomic mass is 10.2. The zero-order chi connectivity index (χ0) is 15.2. The highest BCUT2D eigenvalue weighted by atomic mass is 79.9. The molecule has 0 saturated carbocycles. The first kappa shape index (κ1) is 14.1. The van der Waals surface area contributed by atoms with Crippen molar-refractivity contribution in [3.8, 4) is 0 Å². The molecule has 0 unspecified atom stereocenters. The SMILES string of the molecule is Nc1cccc(CN2C(=O)c3ccccc3S2(=O)=O)c1Br. The topological polar surface area (TPSA) is 80.5 Å². The number of hydrogen-bond acceptors (Lipinski definition) is 4. The molecular weight excluding hydrogens is 356 g/mol. The van der Waals surface area contributed by atoms with E-state index in [-0.39, 0.29) is 17.0 Å². The molecule has 2 aromatic rings.